The standard InChI is InChI=1S/C17H17ClO2/c1-11(2)6-12-4-3-5-13(7-12)14-8-15(17(19)20)10-16(18)9-14/h3-5,7-11H,6H2,1-2H3,(H,19,20). The van der Waals surface area contributed by atoms with Gasteiger partial charge >= 0.3 is 5.97 Å². The summed E-state index contributed by atoms with van der Waals surface area (Å²) in [4.78, 5) is 11.1. The zero-order valence-corrected chi connectivity index (χ0v) is 12.3. The van der Waals surface area contributed by atoms with Crippen molar-refractivity contribution < 1.29 is 9.90 Å². The molecule has 0 aliphatic carbocycles. The van der Waals surface area contributed by atoms with Crippen LogP contribution >= 0.6 is 11.6 Å². The highest BCUT2D eigenvalue weighted by Crippen LogP contribution is 2.26. The molecule has 2 aromatic rings. The maximum atomic E-state index is 11.1. The normalized spacial score (nSPS) is 10.8. The topological polar surface area (TPSA) is 37.3 Å². The Hall–Kier alpha value is -1.80. The van der Waals surface area contributed by atoms with Crippen LogP contribution < -0.4 is 0 Å². The van der Waals surface area contributed by atoms with Crippen molar-refractivity contribution in [2.75, 3.05) is 0 Å². The number of aromatic carboxylic acids is 1. The van der Waals surface area contributed by atoms with E-state index in [0.717, 1.165) is 17.5 Å². The minimum atomic E-state index is -0.966. The van der Waals surface area contributed by atoms with Crippen molar-refractivity contribution in [1.82, 2.24) is 0 Å². The molecule has 0 atom stereocenters. The fraction of sp³-hybridized carbons (Fsp3) is 0.235. The number of hydrogen-bond donors (Lipinski definition) is 1. The summed E-state index contributed by atoms with van der Waals surface area (Å²) in [7, 11) is 0. The number of benzene rings is 2. The summed E-state index contributed by atoms with van der Waals surface area (Å²) in [6.07, 6.45) is 1.00. The second kappa shape index (κ2) is 6.10. The van der Waals surface area contributed by atoms with Gasteiger partial charge in [0, 0.05) is 5.02 Å². The van der Waals surface area contributed by atoms with Gasteiger partial charge in [0.1, 0.15) is 0 Å². The molecular weight excluding hydrogens is 272 g/mol. The highest BCUT2D eigenvalue weighted by Gasteiger charge is 2.08. The first-order chi connectivity index (χ1) is 9.45. The molecule has 20 heavy (non-hydrogen) atoms. The van der Waals surface area contributed by atoms with Crippen molar-refractivity contribution in [2.24, 2.45) is 5.92 Å². The van der Waals surface area contributed by atoms with Crippen molar-refractivity contribution >= 4 is 17.6 Å². The Morgan fingerprint density at radius 3 is 2.55 bits per heavy atom. The molecule has 2 aromatic carbocycles. The lowest BCUT2D eigenvalue weighted by atomic mass is 9.97. The van der Waals surface area contributed by atoms with E-state index in [-0.39, 0.29) is 5.56 Å². The van der Waals surface area contributed by atoms with Crippen molar-refractivity contribution in [1.29, 1.82) is 0 Å². The molecule has 0 bridgehead atoms. The maximum absolute atomic E-state index is 11.1. The molecule has 2 nitrogen and oxygen atoms in total. The summed E-state index contributed by atoms with van der Waals surface area (Å²) in [5.74, 6) is -0.383. The average molecular weight is 289 g/mol. The van der Waals surface area contributed by atoms with E-state index in [9.17, 15) is 4.79 Å². The van der Waals surface area contributed by atoms with Crippen molar-refractivity contribution in [3.8, 4) is 11.1 Å². The van der Waals surface area contributed by atoms with E-state index in [4.69, 9.17) is 16.7 Å². The number of rotatable bonds is 4. The van der Waals surface area contributed by atoms with Gasteiger partial charge in [0.25, 0.3) is 0 Å². The van der Waals surface area contributed by atoms with Crippen molar-refractivity contribution in [3.63, 3.8) is 0 Å². The Morgan fingerprint density at radius 2 is 1.90 bits per heavy atom. The van der Waals surface area contributed by atoms with Gasteiger partial charge in [0.15, 0.2) is 0 Å². The zero-order valence-electron chi connectivity index (χ0n) is 11.6. The molecule has 0 fully saturated rings. The summed E-state index contributed by atoms with van der Waals surface area (Å²) in [6.45, 7) is 4.35. The first-order valence-corrected chi connectivity index (χ1v) is 6.96. The Balaban J connectivity index is 2.43. The molecule has 0 saturated heterocycles. The van der Waals surface area contributed by atoms with Crippen LogP contribution in [0.2, 0.25) is 5.02 Å². The van der Waals surface area contributed by atoms with Gasteiger partial charge in [-0.15, -0.1) is 0 Å². The SMILES string of the molecule is CC(C)Cc1cccc(-c2cc(Cl)cc(C(=O)O)c2)c1. The third kappa shape index (κ3) is 3.61. The van der Waals surface area contributed by atoms with Crippen LogP contribution in [-0.4, -0.2) is 11.1 Å². The Bertz CT molecular complexity index is 633. The maximum Gasteiger partial charge on any atom is 0.335 e. The molecule has 2 rings (SSSR count). The molecule has 0 saturated carbocycles. The molecule has 0 aliphatic heterocycles. The smallest absolute Gasteiger partial charge is 0.335 e. The van der Waals surface area contributed by atoms with Crippen LogP contribution in [0.1, 0.15) is 29.8 Å². The number of carbonyl (C=O) groups is 1. The quantitative estimate of drug-likeness (QED) is 0.868. The summed E-state index contributed by atoms with van der Waals surface area (Å²) < 4.78 is 0. The summed E-state index contributed by atoms with van der Waals surface area (Å²) in [5, 5.41) is 9.53. The van der Waals surface area contributed by atoms with Gasteiger partial charge < -0.3 is 5.11 Å². The van der Waals surface area contributed by atoms with Gasteiger partial charge in [0.2, 0.25) is 0 Å². The molecule has 0 radical (unpaired) electrons. The minimum absolute atomic E-state index is 0.210. The molecule has 1 N–H and O–H groups in total. The highest BCUT2D eigenvalue weighted by atomic mass is 35.5. The summed E-state index contributed by atoms with van der Waals surface area (Å²) in [5.41, 5.74) is 3.28. The van der Waals surface area contributed by atoms with Gasteiger partial charge in [-0.3, -0.25) is 0 Å². The van der Waals surface area contributed by atoms with Gasteiger partial charge in [-0.05, 0) is 47.2 Å². The third-order valence-electron chi connectivity index (χ3n) is 3.05. The van der Waals surface area contributed by atoms with Crippen LogP contribution in [0.5, 0.6) is 0 Å². The predicted molar refractivity (Wildman–Crippen MR) is 82.4 cm³/mol. The fourth-order valence-electron chi connectivity index (χ4n) is 2.23. The number of halogens is 1. The van der Waals surface area contributed by atoms with E-state index in [1.165, 1.54) is 11.6 Å². The van der Waals surface area contributed by atoms with Crippen LogP contribution in [0, 0.1) is 5.92 Å². The van der Waals surface area contributed by atoms with E-state index >= 15 is 0 Å². The van der Waals surface area contributed by atoms with E-state index < -0.39 is 5.97 Å². The van der Waals surface area contributed by atoms with Crippen LogP contribution in [-0.2, 0) is 6.42 Å². The number of carboxylic acids is 1. The fourth-order valence-corrected chi connectivity index (χ4v) is 2.46. The third-order valence-corrected chi connectivity index (χ3v) is 3.27. The monoisotopic (exact) mass is 288 g/mol. The lowest BCUT2D eigenvalue weighted by molar-refractivity contribution is 0.0697. The number of carboxylic acid groups (broad SMARTS) is 1. The Kier molecular flexibility index (Phi) is 4.46. The van der Waals surface area contributed by atoms with Crippen molar-refractivity contribution in [3.05, 3.63) is 58.6 Å². The molecule has 0 heterocycles. The van der Waals surface area contributed by atoms with Gasteiger partial charge in [0.05, 0.1) is 5.56 Å². The Labute approximate surface area is 124 Å². The minimum Gasteiger partial charge on any atom is -0.478 e. The molecule has 104 valence electrons. The first-order valence-electron chi connectivity index (χ1n) is 6.59. The largest absolute Gasteiger partial charge is 0.478 e. The second-order valence-electron chi connectivity index (χ2n) is 5.33. The summed E-state index contributed by atoms with van der Waals surface area (Å²) >= 11 is 6.00. The number of hydrogen-bond acceptors (Lipinski definition) is 1. The molecular formula is C17H17ClO2. The molecule has 0 aliphatic rings. The Morgan fingerprint density at radius 1 is 1.15 bits per heavy atom. The van der Waals surface area contributed by atoms with Crippen LogP contribution in [0.3, 0.4) is 0 Å². The van der Waals surface area contributed by atoms with Crippen LogP contribution in [0.4, 0.5) is 0 Å². The second-order valence-corrected chi connectivity index (χ2v) is 5.77. The van der Waals surface area contributed by atoms with Gasteiger partial charge in [-0.1, -0.05) is 49.7 Å². The molecule has 0 amide bonds. The summed E-state index contributed by atoms with van der Waals surface area (Å²) in [6, 6.07) is 13.1. The molecule has 0 aromatic heterocycles. The lowest BCUT2D eigenvalue weighted by Gasteiger charge is -2.09. The van der Waals surface area contributed by atoms with Crippen molar-refractivity contribution in [2.45, 2.75) is 20.3 Å². The predicted octanol–water partition coefficient (Wildman–Crippen LogP) is 4.90. The molecule has 0 unspecified atom stereocenters. The molecule has 0 spiro atoms. The first kappa shape index (κ1) is 14.6. The zero-order chi connectivity index (χ0) is 14.7. The van der Waals surface area contributed by atoms with Crippen LogP contribution in [0.15, 0.2) is 42.5 Å². The van der Waals surface area contributed by atoms with E-state index in [1.807, 2.05) is 12.1 Å². The van der Waals surface area contributed by atoms with E-state index in [1.54, 1.807) is 12.1 Å². The van der Waals surface area contributed by atoms with E-state index in [2.05, 4.69) is 26.0 Å². The molecule has 3 heteroatoms. The van der Waals surface area contributed by atoms with Gasteiger partial charge in [-0.2, -0.15) is 0 Å². The van der Waals surface area contributed by atoms with Crippen LogP contribution in [0.25, 0.3) is 11.1 Å². The lowest BCUT2D eigenvalue weighted by Crippen LogP contribution is -1.97. The highest BCUT2D eigenvalue weighted by molar-refractivity contribution is 6.31. The van der Waals surface area contributed by atoms with Gasteiger partial charge in [-0.25, -0.2) is 4.79 Å². The van der Waals surface area contributed by atoms with E-state index in [0.29, 0.717) is 10.9 Å². The average Bonchev–Trinajstić information content (AvgIpc) is 2.37.